The summed E-state index contributed by atoms with van der Waals surface area (Å²) < 4.78 is 1.80. The molecule has 2 heterocycles. The number of carbonyl (C=O) groups is 2. The van der Waals surface area contributed by atoms with Crippen molar-refractivity contribution >= 4 is 45.7 Å². The number of hydrogen-bond donors (Lipinski definition) is 2. The first-order valence-corrected chi connectivity index (χ1v) is 13.2. The molecule has 2 aromatic carbocycles. The summed E-state index contributed by atoms with van der Waals surface area (Å²) >= 11 is 2.48. The molecule has 0 atom stereocenters. The predicted molar refractivity (Wildman–Crippen MR) is 144 cm³/mol. The highest BCUT2D eigenvalue weighted by Crippen LogP contribution is 2.27. The third-order valence-corrected chi connectivity index (χ3v) is 7.46. The van der Waals surface area contributed by atoms with Crippen LogP contribution in [0.3, 0.4) is 0 Å². The van der Waals surface area contributed by atoms with Crippen LogP contribution in [-0.4, -0.2) is 47.5 Å². The van der Waals surface area contributed by atoms with Gasteiger partial charge in [0.05, 0.1) is 22.9 Å². The van der Waals surface area contributed by atoms with Crippen molar-refractivity contribution in [2.24, 2.45) is 0 Å². The number of anilines is 1. The lowest BCUT2D eigenvalue weighted by molar-refractivity contribution is -0.385. The predicted octanol–water partition coefficient (Wildman–Crippen LogP) is 3.92. The largest absolute Gasteiger partial charge is 0.345 e. The van der Waals surface area contributed by atoms with Crippen LogP contribution in [0.5, 0.6) is 0 Å². The monoisotopic (exact) mass is 552 g/mol. The van der Waals surface area contributed by atoms with E-state index >= 15 is 0 Å². The van der Waals surface area contributed by atoms with Gasteiger partial charge in [0.15, 0.2) is 11.0 Å². The van der Waals surface area contributed by atoms with Crippen LogP contribution in [0, 0.1) is 37.8 Å². The molecular weight excluding hydrogens is 528 g/mol. The maximum Gasteiger partial charge on any atom is 0.273 e. The Morgan fingerprint density at radius 2 is 1.79 bits per heavy atom. The van der Waals surface area contributed by atoms with Crippen LogP contribution in [0.4, 0.5) is 10.8 Å². The number of nitro groups is 1. The average Bonchev–Trinajstić information content (AvgIpc) is 3.48. The van der Waals surface area contributed by atoms with Gasteiger partial charge in [-0.15, -0.1) is 20.4 Å². The standard InChI is InChI=1S/C24H24N8O4S2/c1-13-7-5-9-18(14(13)2)31-20(11-25-22(34)17-8-6-10-19(15(17)3)32(35)36)28-30-24(31)37-12-21(33)26-23-29-27-16(4)38-23/h5-10H,11-12H2,1-4H3,(H,25,34)(H,26,29,33). The Morgan fingerprint density at radius 1 is 1.03 bits per heavy atom. The maximum atomic E-state index is 12.9. The lowest BCUT2D eigenvalue weighted by Gasteiger charge is -2.15. The van der Waals surface area contributed by atoms with Crippen molar-refractivity contribution in [3.05, 3.63) is 79.6 Å². The molecule has 2 N–H and O–H groups in total. The fourth-order valence-electron chi connectivity index (χ4n) is 3.68. The number of rotatable bonds is 9. The average molecular weight is 553 g/mol. The smallest absolute Gasteiger partial charge is 0.273 e. The summed E-state index contributed by atoms with van der Waals surface area (Å²) in [7, 11) is 0. The second-order valence-corrected chi connectivity index (χ2v) is 10.4. The molecule has 0 radical (unpaired) electrons. The first kappa shape index (κ1) is 26.9. The van der Waals surface area contributed by atoms with Crippen LogP contribution < -0.4 is 10.6 Å². The summed E-state index contributed by atoms with van der Waals surface area (Å²) in [5, 5.41) is 34.8. The van der Waals surface area contributed by atoms with E-state index < -0.39 is 10.8 Å². The molecule has 0 aliphatic heterocycles. The van der Waals surface area contributed by atoms with E-state index in [2.05, 4.69) is 31.0 Å². The topological polar surface area (TPSA) is 158 Å². The van der Waals surface area contributed by atoms with Crippen LogP contribution in [0.15, 0.2) is 41.6 Å². The van der Waals surface area contributed by atoms with Crippen molar-refractivity contribution in [2.45, 2.75) is 39.4 Å². The van der Waals surface area contributed by atoms with Gasteiger partial charge in [0.1, 0.15) is 5.01 Å². The molecule has 4 rings (SSSR count). The summed E-state index contributed by atoms with van der Waals surface area (Å²) in [6.07, 6.45) is 0. The Morgan fingerprint density at radius 3 is 2.50 bits per heavy atom. The van der Waals surface area contributed by atoms with E-state index in [0.29, 0.717) is 16.1 Å². The van der Waals surface area contributed by atoms with Gasteiger partial charge in [0, 0.05) is 17.2 Å². The van der Waals surface area contributed by atoms with Gasteiger partial charge in [-0.05, 0) is 51.0 Å². The molecular formula is C24H24N8O4S2. The van der Waals surface area contributed by atoms with Crippen molar-refractivity contribution in [1.82, 2.24) is 30.3 Å². The molecule has 4 aromatic rings. The van der Waals surface area contributed by atoms with Crippen LogP contribution >= 0.6 is 23.1 Å². The van der Waals surface area contributed by atoms with Crippen LogP contribution in [-0.2, 0) is 11.3 Å². The van der Waals surface area contributed by atoms with Gasteiger partial charge in [-0.2, -0.15) is 0 Å². The molecule has 0 spiro atoms. The zero-order valence-electron chi connectivity index (χ0n) is 21.0. The minimum atomic E-state index is -0.519. The lowest BCUT2D eigenvalue weighted by Crippen LogP contribution is -2.25. The number of nitrogens with zero attached hydrogens (tertiary/aromatic N) is 6. The lowest BCUT2D eigenvalue weighted by atomic mass is 10.1. The van der Waals surface area contributed by atoms with E-state index in [1.54, 1.807) is 11.5 Å². The Labute approximate surface area is 226 Å². The Balaban J connectivity index is 1.57. The van der Waals surface area contributed by atoms with Crippen molar-refractivity contribution in [2.75, 3.05) is 11.1 Å². The van der Waals surface area contributed by atoms with Crippen LogP contribution in [0.25, 0.3) is 5.69 Å². The van der Waals surface area contributed by atoms with E-state index in [1.807, 2.05) is 32.0 Å². The Bertz CT molecular complexity index is 1530. The molecule has 0 aliphatic carbocycles. The first-order valence-electron chi connectivity index (χ1n) is 11.4. The summed E-state index contributed by atoms with van der Waals surface area (Å²) in [5.41, 5.74) is 3.21. The van der Waals surface area contributed by atoms with Gasteiger partial charge < -0.3 is 5.32 Å². The minimum Gasteiger partial charge on any atom is -0.345 e. The van der Waals surface area contributed by atoms with Crippen LogP contribution in [0.1, 0.15) is 37.9 Å². The molecule has 14 heteroatoms. The summed E-state index contributed by atoms with van der Waals surface area (Å²) in [6, 6.07) is 10.2. The third kappa shape index (κ3) is 5.86. The Hall–Kier alpha value is -4.17. The zero-order valence-corrected chi connectivity index (χ0v) is 22.6. The van der Waals surface area contributed by atoms with Gasteiger partial charge in [0.2, 0.25) is 11.0 Å². The molecule has 196 valence electrons. The van der Waals surface area contributed by atoms with Crippen molar-refractivity contribution in [1.29, 1.82) is 0 Å². The maximum absolute atomic E-state index is 12.9. The highest BCUT2D eigenvalue weighted by molar-refractivity contribution is 7.99. The van der Waals surface area contributed by atoms with Gasteiger partial charge in [-0.1, -0.05) is 41.3 Å². The van der Waals surface area contributed by atoms with E-state index in [9.17, 15) is 19.7 Å². The SMILES string of the molecule is Cc1nnc(NC(=O)CSc2nnc(CNC(=O)c3cccc([N+](=O)[O-])c3C)n2-c2cccc(C)c2C)s1. The van der Waals surface area contributed by atoms with Crippen LogP contribution in [0.2, 0.25) is 0 Å². The highest BCUT2D eigenvalue weighted by Gasteiger charge is 2.21. The highest BCUT2D eigenvalue weighted by atomic mass is 32.2. The number of amides is 2. The molecule has 12 nitrogen and oxygen atoms in total. The third-order valence-electron chi connectivity index (χ3n) is 5.78. The number of aromatic nitrogens is 5. The molecule has 0 bridgehead atoms. The second-order valence-electron chi connectivity index (χ2n) is 8.31. The molecule has 0 unspecified atom stereocenters. The van der Waals surface area contributed by atoms with Crippen molar-refractivity contribution in [3.63, 3.8) is 0 Å². The number of benzene rings is 2. The number of hydrogen-bond acceptors (Lipinski definition) is 10. The van der Waals surface area contributed by atoms with Gasteiger partial charge >= 0.3 is 0 Å². The molecule has 0 aliphatic rings. The zero-order chi connectivity index (χ0) is 27.4. The second kappa shape index (κ2) is 11.5. The number of carbonyl (C=O) groups excluding carboxylic acids is 2. The quantitative estimate of drug-likeness (QED) is 0.178. The molecule has 38 heavy (non-hydrogen) atoms. The fourth-order valence-corrected chi connectivity index (χ4v) is 5.05. The molecule has 0 fully saturated rings. The summed E-state index contributed by atoms with van der Waals surface area (Å²) in [5.74, 6) is -0.237. The molecule has 0 saturated carbocycles. The molecule has 0 saturated heterocycles. The number of nitrogens with one attached hydrogen (secondary N) is 2. The normalized spacial score (nSPS) is 10.8. The van der Waals surface area contributed by atoms with Crippen molar-refractivity contribution in [3.8, 4) is 5.69 Å². The van der Waals surface area contributed by atoms with Gasteiger partial charge in [-0.25, -0.2) is 0 Å². The van der Waals surface area contributed by atoms with E-state index in [4.69, 9.17) is 0 Å². The van der Waals surface area contributed by atoms with Gasteiger partial charge in [0.25, 0.3) is 11.6 Å². The Kier molecular flexibility index (Phi) is 8.12. The number of aryl methyl sites for hydroxylation is 2. The summed E-state index contributed by atoms with van der Waals surface area (Å²) in [6.45, 7) is 7.31. The van der Waals surface area contributed by atoms with Crippen molar-refractivity contribution < 1.29 is 14.5 Å². The molecule has 2 amide bonds. The number of thioether (sulfide) groups is 1. The number of nitro benzene ring substituents is 1. The minimum absolute atomic E-state index is 0.0121. The fraction of sp³-hybridized carbons (Fsp3) is 0.250. The molecule has 2 aromatic heterocycles. The van der Waals surface area contributed by atoms with Gasteiger partial charge in [-0.3, -0.25) is 29.6 Å². The van der Waals surface area contributed by atoms with E-state index in [-0.39, 0.29) is 35.0 Å². The van der Waals surface area contributed by atoms with E-state index in [0.717, 1.165) is 21.8 Å². The summed E-state index contributed by atoms with van der Waals surface area (Å²) in [4.78, 5) is 36.2. The first-order chi connectivity index (χ1) is 18.2. The van der Waals surface area contributed by atoms with E-state index in [1.165, 1.54) is 48.2 Å².